The van der Waals surface area contributed by atoms with Crippen LogP contribution in [0.1, 0.15) is 49.9 Å². The molecule has 0 saturated carbocycles. The molecule has 0 bridgehead atoms. The standard InChI is InChI=1S/C14H22N2O2/c1-3-5-6-11(4-2)9-16-14(18)12-10-15-8-7-13(12)17/h7-8,10-11H,3-6,9H2,1-2H3,(H,15,17)(H,16,18). The Bertz CT molecular complexity index is 426. The van der Waals surface area contributed by atoms with Crippen LogP contribution in [0.15, 0.2) is 23.3 Å². The molecule has 1 atom stereocenters. The van der Waals surface area contributed by atoms with E-state index in [4.69, 9.17) is 0 Å². The largest absolute Gasteiger partial charge is 0.367 e. The van der Waals surface area contributed by atoms with Crippen LogP contribution in [0.3, 0.4) is 0 Å². The molecule has 0 spiro atoms. The zero-order valence-electron chi connectivity index (χ0n) is 11.2. The van der Waals surface area contributed by atoms with Crippen molar-refractivity contribution in [2.75, 3.05) is 6.54 Å². The summed E-state index contributed by atoms with van der Waals surface area (Å²) in [6, 6.07) is 1.36. The Hall–Kier alpha value is -1.58. The summed E-state index contributed by atoms with van der Waals surface area (Å²) in [5, 5.41) is 2.84. The molecule has 100 valence electrons. The fraction of sp³-hybridized carbons (Fsp3) is 0.571. The van der Waals surface area contributed by atoms with Gasteiger partial charge in [0.05, 0.1) is 0 Å². The monoisotopic (exact) mass is 250 g/mol. The zero-order chi connectivity index (χ0) is 13.4. The highest BCUT2D eigenvalue weighted by Crippen LogP contribution is 2.11. The van der Waals surface area contributed by atoms with E-state index in [1.54, 1.807) is 0 Å². The number of nitrogens with one attached hydrogen (secondary N) is 2. The highest BCUT2D eigenvalue weighted by atomic mass is 16.2. The van der Waals surface area contributed by atoms with Gasteiger partial charge in [-0.1, -0.05) is 33.1 Å². The average Bonchev–Trinajstić information content (AvgIpc) is 2.39. The van der Waals surface area contributed by atoms with Gasteiger partial charge < -0.3 is 10.3 Å². The Morgan fingerprint density at radius 1 is 1.44 bits per heavy atom. The molecule has 1 aromatic rings. The van der Waals surface area contributed by atoms with Gasteiger partial charge in [0.15, 0.2) is 5.43 Å². The molecule has 1 heterocycles. The van der Waals surface area contributed by atoms with Crippen molar-refractivity contribution in [3.63, 3.8) is 0 Å². The second-order valence-electron chi connectivity index (χ2n) is 4.55. The maximum Gasteiger partial charge on any atom is 0.256 e. The first kappa shape index (κ1) is 14.5. The number of aromatic amines is 1. The van der Waals surface area contributed by atoms with Crippen LogP contribution >= 0.6 is 0 Å². The van der Waals surface area contributed by atoms with Crippen molar-refractivity contribution in [1.29, 1.82) is 0 Å². The van der Waals surface area contributed by atoms with Crippen LogP contribution in [0.2, 0.25) is 0 Å². The number of rotatable bonds is 7. The SMILES string of the molecule is CCCCC(CC)CNC(=O)c1c[nH]ccc1=O. The van der Waals surface area contributed by atoms with Gasteiger partial charge in [-0.05, 0) is 12.3 Å². The van der Waals surface area contributed by atoms with Crippen LogP contribution in [-0.4, -0.2) is 17.4 Å². The molecule has 0 fully saturated rings. The molecule has 0 radical (unpaired) electrons. The second kappa shape index (κ2) is 7.69. The molecule has 0 saturated heterocycles. The van der Waals surface area contributed by atoms with Gasteiger partial charge in [0, 0.05) is 25.0 Å². The zero-order valence-corrected chi connectivity index (χ0v) is 11.2. The lowest BCUT2D eigenvalue weighted by atomic mass is 9.99. The number of hydrogen-bond acceptors (Lipinski definition) is 2. The smallest absolute Gasteiger partial charge is 0.256 e. The van der Waals surface area contributed by atoms with Crippen LogP contribution in [0.5, 0.6) is 0 Å². The summed E-state index contributed by atoms with van der Waals surface area (Å²) in [6.07, 6.45) is 7.49. The molecule has 1 rings (SSSR count). The van der Waals surface area contributed by atoms with E-state index >= 15 is 0 Å². The first-order valence-electron chi connectivity index (χ1n) is 6.64. The third-order valence-electron chi connectivity index (χ3n) is 3.16. The normalized spacial score (nSPS) is 12.1. The topological polar surface area (TPSA) is 62.0 Å². The summed E-state index contributed by atoms with van der Waals surface area (Å²) in [6.45, 7) is 4.93. The van der Waals surface area contributed by atoms with E-state index in [9.17, 15) is 9.59 Å². The van der Waals surface area contributed by atoms with Gasteiger partial charge >= 0.3 is 0 Å². The van der Waals surface area contributed by atoms with Crippen LogP contribution in [0.4, 0.5) is 0 Å². The molecular weight excluding hydrogens is 228 g/mol. The van der Waals surface area contributed by atoms with Crippen LogP contribution < -0.4 is 10.7 Å². The fourth-order valence-electron chi connectivity index (χ4n) is 1.87. The second-order valence-corrected chi connectivity index (χ2v) is 4.55. The third-order valence-corrected chi connectivity index (χ3v) is 3.16. The molecule has 4 nitrogen and oxygen atoms in total. The summed E-state index contributed by atoms with van der Waals surface area (Å²) < 4.78 is 0. The summed E-state index contributed by atoms with van der Waals surface area (Å²) in [4.78, 5) is 26.1. The highest BCUT2D eigenvalue weighted by Gasteiger charge is 2.11. The van der Waals surface area contributed by atoms with Gasteiger partial charge in [0.1, 0.15) is 5.56 Å². The lowest BCUT2D eigenvalue weighted by Crippen LogP contribution is -2.32. The van der Waals surface area contributed by atoms with E-state index in [-0.39, 0.29) is 16.9 Å². The van der Waals surface area contributed by atoms with Gasteiger partial charge in [0.2, 0.25) is 0 Å². The number of aromatic nitrogens is 1. The molecule has 0 aromatic carbocycles. The quantitative estimate of drug-likeness (QED) is 0.780. The van der Waals surface area contributed by atoms with E-state index < -0.39 is 0 Å². The Kier molecular flexibility index (Phi) is 6.19. The lowest BCUT2D eigenvalue weighted by Gasteiger charge is -2.14. The summed E-state index contributed by atoms with van der Waals surface area (Å²) in [5.41, 5.74) is -0.0595. The van der Waals surface area contributed by atoms with Crippen molar-refractivity contribution < 1.29 is 4.79 Å². The third kappa shape index (κ3) is 4.35. The molecule has 0 aliphatic carbocycles. The van der Waals surface area contributed by atoms with Crippen LogP contribution in [0, 0.1) is 5.92 Å². The molecule has 0 aliphatic heterocycles. The van der Waals surface area contributed by atoms with Crippen molar-refractivity contribution in [3.05, 3.63) is 34.2 Å². The number of amides is 1. The summed E-state index contributed by atoms with van der Waals surface area (Å²) >= 11 is 0. The van der Waals surface area contributed by atoms with Crippen molar-refractivity contribution >= 4 is 5.91 Å². The fourth-order valence-corrected chi connectivity index (χ4v) is 1.87. The van der Waals surface area contributed by atoms with Crippen LogP contribution in [-0.2, 0) is 0 Å². The first-order valence-corrected chi connectivity index (χ1v) is 6.64. The van der Waals surface area contributed by atoms with Crippen molar-refractivity contribution in [3.8, 4) is 0 Å². The van der Waals surface area contributed by atoms with E-state index in [0.29, 0.717) is 12.5 Å². The molecule has 1 aromatic heterocycles. The maximum atomic E-state index is 11.8. The van der Waals surface area contributed by atoms with E-state index in [2.05, 4.69) is 24.1 Å². The van der Waals surface area contributed by atoms with Crippen LogP contribution in [0.25, 0.3) is 0 Å². The van der Waals surface area contributed by atoms with Gasteiger partial charge in [0.25, 0.3) is 5.91 Å². The number of carbonyl (C=O) groups is 1. The number of carbonyl (C=O) groups excluding carboxylic acids is 1. The van der Waals surface area contributed by atoms with Gasteiger partial charge in [-0.25, -0.2) is 0 Å². The highest BCUT2D eigenvalue weighted by molar-refractivity contribution is 5.93. The van der Waals surface area contributed by atoms with Gasteiger partial charge in [-0.15, -0.1) is 0 Å². The summed E-state index contributed by atoms with van der Waals surface area (Å²) in [7, 11) is 0. The van der Waals surface area contributed by atoms with Crippen molar-refractivity contribution in [2.24, 2.45) is 5.92 Å². The Morgan fingerprint density at radius 2 is 2.22 bits per heavy atom. The lowest BCUT2D eigenvalue weighted by molar-refractivity contribution is 0.0944. The Labute approximate surface area is 108 Å². The Balaban J connectivity index is 2.50. The van der Waals surface area contributed by atoms with Gasteiger partial charge in [-0.3, -0.25) is 9.59 Å². The first-order chi connectivity index (χ1) is 8.69. The average molecular weight is 250 g/mol. The van der Waals surface area contributed by atoms with E-state index in [0.717, 1.165) is 12.8 Å². The van der Waals surface area contributed by atoms with E-state index in [1.165, 1.54) is 31.3 Å². The van der Waals surface area contributed by atoms with Crippen molar-refractivity contribution in [1.82, 2.24) is 10.3 Å². The van der Waals surface area contributed by atoms with Crippen molar-refractivity contribution in [2.45, 2.75) is 39.5 Å². The molecule has 4 heteroatoms. The van der Waals surface area contributed by atoms with Gasteiger partial charge in [-0.2, -0.15) is 0 Å². The molecule has 2 N–H and O–H groups in total. The minimum Gasteiger partial charge on any atom is -0.367 e. The molecular formula is C14H22N2O2. The van der Waals surface area contributed by atoms with E-state index in [1.807, 2.05) is 0 Å². The molecule has 0 aliphatic rings. The molecule has 1 unspecified atom stereocenters. The molecule has 18 heavy (non-hydrogen) atoms. The summed E-state index contributed by atoms with van der Waals surface area (Å²) in [5.74, 6) is 0.212. The number of unbranched alkanes of at least 4 members (excludes halogenated alkanes) is 1. The number of H-pyrrole nitrogens is 1. The minimum absolute atomic E-state index is 0.183. The number of hydrogen-bond donors (Lipinski definition) is 2. The maximum absolute atomic E-state index is 11.8. The predicted octanol–water partition coefficient (Wildman–Crippen LogP) is 2.32. The minimum atomic E-state index is -0.285. The predicted molar refractivity (Wildman–Crippen MR) is 72.7 cm³/mol. The number of pyridine rings is 1. The Morgan fingerprint density at radius 3 is 2.83 bits per heavy atom. The molecule has 1 amide bonds.